The molecule has 0 spiro atoms. The molecule has 8 heteroatoms. The number of carbonyl (C=O) groups is 2. The third-order valence-electron chi connectivity index (χ3n) is 5.93. The van der Waals surface area contributed by atoms with Gasteiger partial charge in [-0.3, -0.25) is 13.9 Å². The molecule has 2 aromatic carbocycles. The average molecular weight is 516 g/mol. The van der Waals surface area contributed by atoms with Gasteiger partial charge in [-0.2, -0.15) is 0 Å². The first kappa shape index (κ1) is 29.4. The minimum Gasteiger partial charge on any atom is -0.350 e. The Kier molecular flexibility index (Phi) is 10.1. The molecule has 2 amide bonds. The predicted octanol–water partition coefficient (Wildman–Crippen LogP) is 4.57. The maximum Gasteiger partial charge on any atom is 0.243 e. The van der Waals surface area contributed by atoms with Crippen molar-refractivity contribution in [3.63, 3.8) is 0 Å². The summed E-state index contributed by atoms with van der Waals surface area (Å²) in [7, 11) is -3.52. The van der Waals surface area contributed by atoms with Gasteiger partial charge in [0, 0.05) is 25.0 Å². The number of aryl methyl sites for hydroxylation is 2. The largest absolute Gasteiger partial charge is 0.350 e. The van der Waals surface area contributed by atoms with Gasteiger partial charge in [-0.05, 0) is 76.3 Å². The average Bonchev–Trinajstić information content (AvgIpc) is 2.75. The molecule has 0 unspecified atom stereocenters. The van der Waals surface area contributed by atoms with Gasteiger partial charge >= 0.3 is 0 Å². The number of carbonyl (C=O) groups excluding carboxylic acids is 2. The van der Waals surface area contributed by atoms with Crippen LogP contribution in [0, 0.1) is 13.8 Å². The first-order valence-electron chi connectivity index (χ1n) is 12.4. The maximum absolute atomic E-state index is 13.5. The number of hydrogen-bond acceptors (Lipinski definition) is 4. The van der Waals surface area contributed by atoms with Crippen LogP contribution in [0.15, 0.2) is 48.5 Å². The van der Waals surface area contributed by atoms with Gasteiger partial charge < -0.3 is 10.2 Å². The lowest BCUT2D eigenvalue weighted by Gasteiger charge is -2.33. The van der Waals surface area contributed by atoms with E-state index in [4.69, 9.17) is 0 Å². The summed E-state index contributed by atoms with van der Waals surface area (Å²) in [6.07, 6.45) is 2.11. The van der Waals surface area contributed by atoms with Crippen LogP contribution in [0.5, 0.6) is 0 Å². The van der Waals surface area contributed by atoms with Crippen LogP contribution in [0.2, 0.25) is 0 Å². The maximum atomic E-state index is 13.5. The van der Waals surface area contributed by atoms with Crippen LogP contribution >= 0.6 is 0 Å². The molecule has 0 saturated carbocycles. The molecule has 0 fully saturated rings. The highest BCUT2D eigenvalue weighted by Gasteiger charge is 2.31. The molecule has 2 aromatic rings. The van der Waals surface area contributed by atoms with E-state index in [-0.39, 0.29) is 24.8 Å². The van der Waals surface area contributed by atoms with Gasteiger partial charge in [0.05, 0.1) is 11.9 Å². The van der Waals surface area contributed by atoms with Crippen molar-refractivity contribution in [3.05, 3.63) is 65.2 Å². The smallest absolute Gasteiger partial charge is 0.243 e. The van der Waals surface area contributed by atoms with Crippen molar-refractivity contribution in [2.45, 2.75) is 78.9 Å². The van der Waals surface area contributed by atoms with E-state index >= 15 is 0 Å². The molecule has 0 aromatic heterocycles. The van der Waals surface area contributed by atoms with E-state index in [0.717, 1.165) is 16.7 Å². The van der Waals surface area contributed by atoms with E-state index in [9.17, 15) is 18.0 Å². The van der Waals surface area contributed by atoms with Gasteiger partial charge in [0.25, 0.3) is 0 Å². The van der Waals surface area contributed by atoms with Gasteiger partial charge in [0.2, 0.25) is 21.8 Å². The Labute approximate surface area is 216 Å². The molecular formula is C28H41N3O4S. The minimum atomic E-state index is -3.52. The number of sulfonamides is 1. The molecular weight excluding hydrogens is 474 g/mol. The molecule has 0 radical (unpaired) electrons. The Hall–Kier alpha value is -2.87. The standard InChI is InChI=1S/C28H41N3O4S/c1-8-25(27(33)29-28(4,5)6)30(20-23-15-10-9-14-22(23)3)26(32)17-12-18-31(36(7,34)35)24-16-11-13-21(2)19-24/h9-11,13-16,19,25H,8,12,17-18,20H2,1-7H3,(H,29,33)/t25-/m0/s1. The monoisotopic (exact) mass is 515 g/mol. The highest BCUT2D eigenvalue weighted by atomic mass is 32.2. The van der Waals surface area contributed by atoms with Crippen molar-refractivity contribution in [3.8, 4) is 0 Å². The number of nitrogens with one attached hydrogen (secondary N) is 1. The van der Waals surface area contributed by atoms with E-state index in [1.54, 1.807) is 11.0 Å². The molecule has 1 N–H and O–H groups in total. The fourth-order valence-electron chi connectivity index (χ4n) is 4.13. The summed E-state index contributed by atoms with van der Waals surface area (Å²) in [5.74, 6) is -0.365. The minimum absolute atomic E-state index is 0.128. The molecule has 36 heavy (non-hydrogen) atoms. The van der Waals surface area contributed by atoms with Crippen molar-refractivity contribution >= 4 is 27.5 Å². The SMILES string of the molecule is CC[C@@H](C(=O)NC(C)(C)C)N(Cc1ccccc1C)C(=O)CCCN(c1cccc(C)c1)S(C)(=O)=O. The fraction of sp³-hybridized carbons (Fsp3) is 0.500. The zero-order valence-electron chi connectivity index (χ0n) is 22.7. The summed E-state index contributed by atoms with van der Waals surface area (Å²) in [4.78, 5) is 28.3. The second kappa shape index (κ2) is 12.4. The number of hydrogen-bond donors (Lipinski definition) is 1. The molecule has 0 aliphatic rings. The summed E-state index contributed by atoms with van der Waals surface area (Å²) in [5.41, 5.74) is 3.13. The van der Waals surface area contributed by atoms with Crippen molar-refractivity contribution in [2.75, 3.05) is 17.1 Å². The van der Waals surface area contributed by atoms with Crippen LogP contribution in [0.4, 0.5) is 5.69 Å². The number of anilines is 1. The van der Waals surface area contributed by atoms with Gasteiger partial charge in [0.1, 0.15) is 6.04 Å². The molecule has 0 aliphatic heterocycles. The Morgan fingerprint density at radius 3 is 2.25 bits per heavy atom. The molecule has 198 valence electrons. The second-order valence-electron chi connectivity index (χ2n) is 10.4. The number of rotatable bonds is 11. The molecule has 0 aliphatic carbocycles. The van der Waals surface area contributed by atoms with Crippen molar-refractivity contribution in [1.29, 1.82) is 0 Å². The normalized spacial score (nSPS) is 12.6. The Bertz CT molecular complexity index is 1160. The van der Waals surface area contributed by atoms with Gasteiger partial charge in [0.15, 0.2) is 0 Å². The van der Waals surface area contributed by atoms with Crippen LogP contribution in [0.25, 0.3) is 0 Å². The molecule has 0 heterocycles. The van der Waals surface area contributed by atoms with E-state index < -0.39 is 21.6 Å². The van der Waals surface area contributed by atoms with Crippen molar-refractivity contribution in [2.24, 2.45) is 0 Å². The quantitative estimate of drug-likeness (QED) is 0.475. The lowest BCUT2D eigenvalue weighted by molar-refractivity contribution is -0.142. The highest BCUT2D eigenvalue weighted by molar-refractivity contribution is 7.92. The van der Waals surface area contributed by atoms with Crippen LogP contribution < -0.4 is 9.62 Å². The Morgan fingerprint density at radius 2 is 1.69 bits per heavy atom. The third-order valence-corrected chi connectivity index (χ3v) is 7.12. The van der Waals surface area contributed by atoms with Crippen LogP contribution in [0.1, 0.15) is 63.6 Å². The van der Waals surface area contributed by atoms with Crippen molar-refractivity contribution < 1.29 is 18.0 Å². The summed E-state index contributed by atoms with van der Waals surface area (Å²) in [6, 6.07) is 14.5. The molecule has 2 rings (SSSR count). The first-order valence-corrected chi connectivity index (χ1v) is 14.3. The zero-order valence-corrected chi connectivity index (χ0v) is 23.5. The molecule has 0 bridgehead atoms. The van der Waals surface area contributed by atoms with Crippen LogP contribution in [-0.2, 0) is 26.2 Å². The third kappa shape index (κ3) is 8.66. The van der Waals surface area contributed by atoms with Crippen molar-refractivity contribution in [1.82, 2.24) is 10.2 Å². The topological polar surface area (TPSA) is 86.8 Å². The molecule has 0 saturated heterocycles. The highest BCUT2D eigenvalue weighted by Crippen LogP contribution is 2.21. The summed E-state index contributed by atoms with van der Waals surface area (Å²) >= 11 is 0. The number of benzene rings is 2. The van der Waals surface area contributed by atoms with E-state index in [0.29, 0.717) is 25.1 Å². The van der Waals surface area contributed by atoms with E-state index in [2.05, 4.69) is 5.32 Å². The Morgan fingerprint density at radius 1 is 1.03 bits per heavy atom. The fourth-order valence-corrected chi connectivity index (χ4v) is 5.09. The number of nitrogens with zero attached hydrogens (tertiary/aromatic N) is 2. The second-order valence-corrected chi connectivity index (χ2v) is 12.3. The summed E-state index contributed by atoms with van der Waals surface area (Å²) < 4.78 is 26.3. The van der Waals surface area contributed by atoms with Crippen LogP contribution in [0.3, 0.4) is 0 Å². The lowest BCUT2D eigenvalue weighted by atomic mass is 10.0. The zero-order chi connectivity index (χ0) is 27.1. The summed E-state index contributed by atoms with van der Waals surface area (Å²) in [5, 5.41) is 3.01. The summed E-state index contributed by atoms with van der Waals surface area (Å²) in [6.45, 7) is 12.0. The molecule has 1 atom stereocenters. The van der Waals surface area contributed by atoms with Gasteiger partial charge in [-0.25, -0.2) is 8.42 Å². The first-order chi connectivity index (χ1) is 16.7. The van der Waals surface area contributed by atoms with E-state index in [1.165, 1.54) is 10.6 Å². The van der Waals surface area contributed by atoms with E-state index in [1.807, 2.05) is 84.0 Å². The van der Waals surface area contributed by atoms with Crippen LogP contribution in [-0.4, -0.2) is 49.5 Å². The van der Waals surface area contributed by atoms with Gasteiger partial charge in [-0.1, -0.05) is 43.3 Å². The Balaban J connectivity index is 2.25. The number of amides is 2. The van der Waals surface area contributed by atoms with Gasteiger partial charge in [-0.15, -0.1) is 0 Å². The molecule has 7 nitrogen and oxygen atoms in total. The predicted molar refractivity (Wildman–Crippen MR) is 146 cm³/mol. The lowest BCUT2D eigenvalue weighted by Crippen LogP contribution is -2.53.